The second kappa shape index (κ2) is 7.87. The molecule has 1 aromatic rings. The number of rotatable bonds is 5. The number of amides is 2. The van der Waals surface area contributed by atoms with Crippen LogP contribution in [0.1, 0.15) is 43.0 Å². The Morgan fingerprint density at radius 2 is 1.80 bits per heavy atom. The van der Waals surface area contributed by atoms with Gasteiger partial charge in [0.15, 0.2) is 0 Å². The van der Waals surface area contributed by atoms with Crippen molar-refractivity contribution in [1.82, 2.24) is 9.80 Å². The van der Waals surface area contributed by atoms with E-state index in [0.29, 0.717) is 18.2 Å². The van der Waals surface area contributed by atoms with Gasteiger partial charge in [-0.1, -0.05) is 0 Å². The van der Waals surface area contributed by atoms with Gasteiger partial charge in [-0.05, 0) is 63.4 Å². The number of likely N-dealkylation sites (tertiary alicyclic amines) is 2. The van der Waals surface area contributed by atoms with Crippen molar-refractivity contribution in [1.29, 1.82) is 0 Å². The van der Waals surface area contributed by atoms with Gasteiger partial charge in [0.05, 0.1) is 12.6 Å². The third-order valence-electron chi connectivity index (χ3n) is 5.26. The highest BCUT2D eigenvalue weighted by atomic mass is 16.5. The van der Waals surface area contributed by atoms with E-state index in [1.54, 1.807) is 0 Å². The van der Waals surface area contributed by atoms with Gasteiger partial charge < -0.3 is 15.4 Å². The molecule has 0 aliphatic carbocycles. The molecule has 0 radical (unpaired) electrons. The lowest BCUT2D eigenvalue weighted by Gasteiger charge is -2.38. The van der Waals surface area contributed by atoms with Crippen molar-refractivity contribution in [2.45, 2.75) is 44.7 Å². The Labute approximate surface area is 148 Å². The monoisotopic (exact) mass is 345 g/mol. The zero-order chi connectivity index (χ0) is 17.8. The molecule has 3 rings (SSSR count). The molecule has 0 unspecified atom stereocenters. The lowest BCUT2D eigenvalue weighted by atomic mass is 10.0. The molecule has 1 atom stereocenters. The topological polar surface area (TPSA) is 75.9 Å². The van der Waals surface area contributed by atoms with Crippen molar-refractivity contribution in [3.8, 4) is 5.75 Å². The van der Waals surface area contributed by atoms with Crippen LogP contribution in [0.5, 0.6) is 5.75 Å². The van der Waals surface area contributed by atoms with Gasteiger partial charge in [-0.25, -0.2) is 0 Å². The maximum atomic E-state index is 12.7. The minimum absolute atomic E-state index is 0.0642. The van der Waals surface area contributed by atoms with Crippen molar-refractivity contribution in [2.24, 2.45) is 5.73 Å². The Balaban J connectivity index is 1.56. The van der Waals surface area contributed by atoms with Gasteiger partial charge in [0, 0.05) is 24.7 Å². The fraction of sp³-hybridized carbons (Fsp3) is 0.579. The minimum Gasteiger partial charge on any atom is -0.494 e. The van der Waals surface area contributed by atoms with E-state index in [-0.39, 0.29) is 17.9 Å². The van der Waals surface area contributed by atoms with Crippen molar-refractivity contribution in [2.75, 3.05) is 26.2 Å². The van der Waals surface area contributed by atoms with Crippen LogP contribution in [-0.2, 0) is 4.79 Å². The quantitative estimate of drug-likeness (QED) is 0.880. The van der Waals surface area contributed by atoms with Crippen LogP contribution in [0.15, 0.2) is 24.3 Å². The van der Waals surface area contributed by atoms with E-state index in [4.69, 9.17) is 10.5 Å². The number of carbonyl (C=O) groups is 2. The largest absolute Gasteiger partial charge is 0.494 e. The van der Waals surface area contributed by atoms with E-state index in [9.17, 15) is 9.59 Å². The van der Waals surface area contributed by atoms with Crippen LogP contribution in [0.25, 0.3) is 0 Å². The van der Waals surface area contributed by atoms with Crippen LogP contribution >= 0.6 is 0 Å². The van der Waals surface area contributed by atoms with Gasteiger partial charge in [-0.3, -0.25) is 14.5 Å². The van der Waals surface area contributed by atoms with Crippen molar-refractivity contribution < 1.29 is 14.3 Å². The summed E-state index contributed by atoms with van der Waals surface area (Å²) in [5.41, 5.74) is 6.22. The van der Waals surface area contributed by atoms with E-state index >= 15 is 0 Å². The molecule has 2 N–H and O–H groups in total. The summed E-state index contributed by atoms with van der Waals surface area (Å²) < 4.78 is 5.42. The number of piperidine rings is 1. The Hall–Kier alpha value is -2.08. The molecule has 6 nitrogen and oxygen atoms in total. The van der Waals surface area contributed by atoms with Gasteiger partial charge in [-0.2, -0.15) is 0 Å². The van der Waals surface area contributed by atoms with E-state index in [1.165, 1.54) is 0 Å². The molecule has 136 valence electrons. The van der Waals surface area contributed by atoms with Crippen LogP contribution in [-0.4, -0.2) is 59.9 Å². The maximum Gasteiger partial charge on any atom is 0.253 e. The summed E-state index contributed by atoms with van der Waals surface area (Å²) in [6.07, 6.45) is 3.68. The van der Waals surface area contributed by atoms with Gasteiger partial charge in [0.2, 0.25) is 5.91 Å². The summed E-state index contributed by atoms with van der Waals surface area (Å²) in [5, 5.41) is 0. The van der Waals surface area contributed by atoms with E-state index in [2.05, 4.69) is 4.90 Å². The van der Waals surface area contributed by atoms with E-state index in [1.807, 2.05) is 36.1 Å². The first kappa shape index (κ1) is 17.7. The molecule has 0 saturated carbocycles. The maximum absolute atomic E-state index is 12.7. The third-order valence-corrected chi connectivity index (χ3v) is 5.26. The van der Waals surface area contributed by atoms with Gasteiger partial charge in [0.25, 0.3) is 5.91 Å². The number of ether oxygens (including phenoxy) is 1. The molecule has 2 aliphatic heterocycles. The van der Waals surface area contributed by atoms with Crippen molar-refractivity contribution >= 4 is 11.8 Å². The lowest BCUT2D eigenvalue weighted by Crippen LogP contribution is -2.51. The number of carbonyl (C=O) groups excluding carboxylic acids is 2. The van der Waals surface area contributed by atoms with Crippen LogP contribution in [0.2, 0.25) is 0 Å². The molecule has 2 amide bonds. The normalized spacial score (nSPS) is 22.1. The SMILES string of the molecule is CCOc1ccc(C(=O)N2CCC(N3CCC[C@H]3C(N)=O)CC2)cc1. The Bertz CT molecular complexity index is 609. The smallest absolute Gasteiger partial charge is 0.253 e. The molecule has 0 spiro atoms. The van der Waals surface area contributed by atoms with Crippen LogP contribution in [0.4, 0.5) is 0 Å². The number of nitrogens with zero attached hydrogens (tertiary/aromatic N) is 2. The molecule has 2 fully saturated rings. The van der Waals surface area contributed by atoms with Crippen molar-refractivity contribution in [3.05, 3.63) is 29.8 Å². The first-order chi connectivity index (χ1) is 12.1. The number of primary amides is 1. The highest BCUT2D eigenvalue weighted by Crippen LogP contribution is 2.26. The van der Waals surface area contributed by atoms with Gasteiger partial charge in [0.1, 0.15) is 5.75 Å². The first-order valence-corrected chi connectivity index (χ1v) is 9.17. The Kier molecular flexibility index (Phi) is 5.58. The first-order valence-electron chi connectivity index (χ1n) is 9.17. The summed E-state index contributed by atoms with van der Waals surface area (Å²) in [7, 11) is 0. The second-order valence-corrected chi connectivity index (χ2v) is 6.78. The molecule has 2 aliphatic rings. The zero-order valence-corrected chi connectivity index (χ0v) is 14.8. The molecular formula is C19H27N3O3. The average molecular weight is 345 g/mol. The predicted molar refractivity (Wildman–Crippen MR) is 95.5 cm³/mol. The fourth-order valence-corrected chi connectivity index (χ4v) is 3.98. The van der Waals surface area contributed by atoms with Crippen LogP contribution in [0, 0.1) is 0 Å². The molecule has 0 bridgehead atoms. The fourth-order valence-electron chi connectivity index (χ4n) is 3.98. The summed E-state index contributed by atoms with van der Waals surface area (Å²) in [6.45, 7) is 4.93. The van der Waals surface area contributed by atoms with E-state index in [0.717, 1.165) is 51.1 Å². The summed E-state index contributed by atoms with van der Waals surface area (Å²) in [4.78, 5) is 28.4. The molecule has 25 heavy (non-hydrogen) atoms. The second-order valence-electron chi connectivity index (χ2n) is 6.78. The highest BCUT2D eigenvalue weighted by molar-refractivity contribution is 5.94. The van der Waals surface area contributed by atoms with E-state index < -0.39 is 0 Å². The molecule has 0 aromatic heterocycles. The average Bonchev–Trinajstić information content (AvgIpc) is 3.12. The zero-order valence-electron chi connectivity index (χ0n) is 14.8. The molecule has 1 aromatic carbocycles. The van der Waals surface area contributed by atoms with Gasteiger partial charge >= 0.3 is 0 Å². The highest BCUT2D eigenvalue weighted by Gasteiger charge is 2.36. The summed E-state index contributed by atoms with van der Waals surface area (Å²) in [5.74, 6) is 0.629. The summed E-state index contributed by atoms with van der Waals surface area (Å²) >= 11 is 0. The van der Waals surface area contributed by atoms with Gasteiger partial charge in [-0.15, -0.1) is 0 Å². The number of hydrogen-bond donors (Lipinski definition) is 1. The predicted octanol–water partition coefficient (Wildman–Crippen LogP) is 1.64. The third kappa shape index (κ3) is 3.95. The lowest BCUT2D eigenvalue weighted by molar-refractivity contribution is -0.123. The number of benzene rings is 1. The van der Waals surface area contributed by atoms with Crippen LogP contribution < -0.4 is 10.5 Å². The molecule has 6 heteroatoms. The number of nitrogens with two attached hydrogens (primary N) is 1. The number of hydrogen-bond acceptors (Lipinski definition) is 4. The standard InChI is InChI=1S/C19H27N3O3/c1-2-25-16-7-5-14(6-8-16)19(24)21-12-9-15(10-13-21)22-11-3-4-17(22)18(20)23/h5-8,15,17H,2-4,9-13H2,1H3,(H2,20,23)/t17-/m0/s1. The molecular weight excluding hydrogens is 318 g/mol. The Morgan fingerprint density at radius 3 is 2.40 bits per heavy atom. The minimum atomic E-state index is -0.217. The summed E-state index contributed by atoms with van der Waals surface area (Å²) in [6, 6.07) is 7.55. The molecule has 2 saturated heterocycles. The Morgan fingerprint density at radius 1 is 1.12 bits per heavy atom. The molecule has 2 heterocycles. The van der Waals surface area contributed by atoms with Crippen molar-refractivity contribution in [3.63, 3.8) is 0 Å². The van der Waals surface area contributed by atoms with Crippen LogP contribution in [0.3, 0.4) is 0 Å².